The van der Waals surface area contributed by atoms with Gasteiger partial charge in [0.15, 0.2) is 0 Å². The first kappa shape index (κ1) is 27.2. The van der Waals surface area contributed by atoms with Gasteiger partial charge in [-0.1, -0.05) is 36.4 Å². The number of rotatable bonds is 7. The lowest BCUT2D eigenvalue weighted by Crippen LogP contribution is -2.54. The molecule has 1 aliphatic heterocycles. The topological polar surface area (TPSA) is 91.2 Å². The molecule has 2 aromatic carbocycles. The largest absolute Gasteiger partial charge is 0.416 e. The van der Waals surface area contributed by atoms with Crippen molar-refractivity contribution in [2.75, 3.05) is 13.1 Å². The SMILES string of the molecule is NC(=O)C(NC1CCC(c2c[nH]c3ccccc23)CC1)C1CCN(C(=O)Cc2cccc(C(F)(F)F)c2)CC1. The van der Waals surface area contributed by atoms with Gasteiger partial charge in [-0.25, -0.2) is 0 Å². The number of H-pyrrole nitrogens is 1. The van der Waals surface area contributed by atoms with Gasteiger partial charge in [0.2, 0.25) is 11.8 Å². The number of hydrogen-bond acceptors (Lipinski definition) is 3. The van der Waals surface area contributed by atoms with Crippen molar-refractivity contribution in [3.05, 3.63) is 71.4 Å². The van der Waals surface area contributed by atoms with Crippen LogP contribution in [0.5, 0.6) is 0 Å². The van der Waals surface area contributed by atoms with E-state index < -0.39 is 17.8 Å². The third-order valence-electron chi connectivity index (χ3n) is 8.48. The Morgan fingerprint density at radius 1 is 1.00 bits per heavy atom. The summed E-state index contributed by atoms with van der Waals surface area (Å²) in [6.45, 7) is 0.919. The summed E-state index contributed by atoms with van der Waals surface area (Å²) >= 11 is 0. The predicted octanol–water partition coefficient (Wildman–Crippen LogP) is 5.14. The van der Waals surface area contributed by atoms with Crippen molar-refractivity contribution in [1.82, 2.24) is 15.2 Å². The fourth-order valence-corrected chi connectivity index (χ4v) is 6.33. The third-order valence-corrected chi connectivity index (χ3v) is 8.48. The summed E-state index contributed by atoms with van der Waals surface area (Å²) in [5.74, 6) is -0.0711. The standard InChI is InChI=1S/C30H35F3N4O2/c31-30(32,33)22-5-3-4-19(16-22)17-27(38)37-14-12-21(13-15-37)28(29(34)39)36-23-10-8-20(9-11-23)25-18-35-26-7-2-1-6-24(25)26/h1-7,16,18,20-21,23,28,35-36H,8-15,17H2,(H2,34,39). The highest BCUT2D eigenvalue weighted by Gasteiger charge is 2.35. The van der Waals surface area contributed by atoms with Crippen LogP contribution in [0.3, 0.4) is 0 Å². The molecule has 4 N–H and O–H groups in total. The van der Waals surface area contributed by atoms with Crippen LogP contribution >= 0.6 is 0 Å². The smallest absolute Gasteiger partial charge is 0.368 e. The zero-order valence-electron chi connectivity index (χ0n) is 21.8. The summed E-state index contributed by atoms with van der Waals surface area (Å²) in [5.41, 5.74) is 7.92. The van der Waals surface area contributed by atoms with Crippen LogP contribution in [0, 0.1) is 5.92 Å². The number of amides is 2. The number of para-hydroxylation sites is 1. The van der Waals surface area contributed by atoms with Crippen molar-refractivity contribution >= 4 is 22.7 Å². The van der Waals surface area contributed by atoms with Crippen molar-refractivity contribution in [3.63, 3.8) is 0 Å². The molecule has 0 radical (unpaired) electrons. The van der Waals surface area contributed by atoms with Crippen LogP contribution in [0.25, 0.3) is 10.9 Å². The van der Waals surface area contributed by atoms with Crippen LogP contribution in [0.4, 0.5) is 13.2 Å². The third kappa shape index (κ3) is 6.30. The second kappa shape index (κ2) is 11.4. The predicted molar refractivity (Wildman–Crippen MR) is 144 cm³/mol. The number of nitrogens with one attached hydrogen (secondary N) is 2. The zero-order chi connectivity index (χ0) is 27.6. The van der Waals surface area contributed by atoms with Crippen LogP contribution in [0.2, 0.25) is 0 Å². The number of nitrogens with zero attached hydrogens (tertiary/aromatic N) is 1. The fraction of sp³-hybridized carbons (Fsp3) is 0.467. The molecule has 2 amide bonds. The molecule has 9 heteroatoms. The monoisotopic (exact) mass is 540 g/mol. The summed E-state index contributed by atoms with van der Waals surface area (Å²) in [7, 11) is 0. The molecule has 3 aromatic rings. The molecular formula is C30H35F3N4O2. The van der Waals surface area contributed by atoms with Gasteiger partial charge in [-0.3, -0.25) is 9.59 Å². The number of hydrogen-bond donors (Lipinski definition) is 3. The number of aromatic nitrogens is 1. The van der Waals surface area contributed by atoms with Crippen LogP contribution < -0.4 is 11.1 Å². The molecule has 1 aliphatic carbocycles. The van der Waals surface area contributed by atoms with E-state index in [0.717, 1.165) is 43.3 Å². The molecule has 2 fully saturated rings. The van der Waals surface area contributed by atoms with E-state index in [1.54, 1.807) is 11.0 Å². The minimum Gasteiger partial charge on any atom is -0.368 e. The summed E-state index contributed by atoms with van der Waals surface area (Å²) in [4.78, 5) is 30.3. The molecule has 208 valence electrons. The van der Waals surface area contributed by atoms with Gasteiger partial charge in [0.1, 0.15) is 0 Å². The van der Waals surface area contributed by atoms with E-state index in [1.165, 1.54) is 17.0 Å². The number of carbonyl (C=O) groups is 2. The van der Waals surface area contributed by atoms with Gasteiger partial charge < -0.3 is 20.9 Å². The van der Waals surface area contributed by atoms with Crippen molar-refractivity contribution in [2.24, 2.45) is 11.7 Å². The molecule has 1 saturated carbocycles. The van der Waals surface area contributed by atoms with Crippen LogP contribution in [0.1, 0.15) is 61.1 Å². The first-order chi connectivity index (χ1) is 18.7. The summed E-state index contributed by atoms with van der Waals surface area (Å²) in [6.07, 6.45) is 2.84. The van der Waals surface area contributed by atoms with E-state index in [4.69, 9.17) is 5.73 Å². The highest BCUT2D eigenvalue weighted by atomic mass is 19.4. The molecular weight excluding hydrogens is 505 g/mol. The minimum atomic E-state index is -4.44. The van der Waals surface area contributed by atoms with Crippen molar-refractivity contribution in [3.8, 4) is 0 Å². The quantitative estimate of drug-likeness (QED) is 0.388. The molecule has 1 aromatic heterocycles. The second-order valence-corrected chi connectivity index (χ2v) is 11.0. The lowest BCUT2D eigenvalue weighted by Gasteiger charge is -2.38. The average molecular weight is 541 g/mol. The number of alkyl halides is 3. The van der Waals surface area contributed by atoms with Gasteiger partial charge in [-0.05, 0) is 73.6 Å². The zero-order valence-corrected chi connectivity index (χ0v) is 21.8. The van der Waals surface area contributed by atoms with Gasteiger partial charge in [0.25, 0.3) is 0 Å². The van der Waals surface area contributed by atoms with Gasteiger partial charge in [-0.2, -0.15) is 13.2 Å². The van der Waals surface area contributed by atoms with E-state index >= 15 is 0 Å². The lowest BCUT2D eigenvalue weighted by molar-refractivity contribution is -0.138. The van der Waals surface area contributed by atoms with Crippen LogP contribution in [-0.2, 0) is 22.2 Å². The average Bonchev–Trinajstić information content (AvgIpc) is 3.36. The van der Waals surface area contributed by atoms with E-state index in [0.29, 0.717) is 37.4 Å². The van der Waals surface area contributed by atoms with E-state index in [1.807, 2.05) is 6.07 Å². The Morgan fingerprint density at radius 2 is 1.72 bits per heavy atom. The molecule has 1 atom stereocenters. The Bertz CT molecular complexity index is 1300. The highest BCUT2D eigenvalue weighted by molar-refractivity contribution is 5.83. The maximum atomic E-state index is 13.0. The molecule has 6 nitrogen and oxygen atoms in total. The number of fused-ring (bicyclic) bond motifs is 1. The maximum absolute atomic E-state index is 13.0. The lowest BCUT2D eigenvalue weighted by atomic mass is 9.80. The number of halogens is 3. The van der Waals surface area contributed by atoms with Crippen LogP contribution in [-0.4, -0.2) is 46.9 Å². The highest BCUT2D eigenvalue weighted by Crippen LogP contribution is 2.37. The fourth-order valence-electron chi connectivity index (χ4n) is 6.33. The molecule has 2 aliphatic rings. The first-order valence-electron chi connectivity index (χ1n) is 13.7. The number of aromatic amines is 1. The van der Waals surface area contributed by atoms with Gasteiger partial charge in [0, 0.05) is 36.2 Å². The first-order valence-corrected chi connectivity index (χ1v) is 13.7. The molecule has 2 heterocycles. The Kier molecular flexibility index (Phi) is 7.98. The molecule has 0 bridgehead atoms. The van der Waals surface area contributed by atoms with E-state index in [9.17, 15) is 22.8 Å². The number of carbonyl (C=O) groups excluding carboxylic acids is 2. The van der Waals surface area contributed by atoms with Crippen molar-refractivity contribution in [2.45, 2.75) is 69.1 Å². The molecule has 1 unspecified atom stereocenters. The number of nitrogens with two attached hydrogens (primary N) is 1. The number of primary amides is 1. The van der Waals surface area contributed by atoms with E-state index in [-0.39, 0.29) is 30.2 Å². The van der Waals surface area contributed by atoms with Gasteiger partial charge in [-0.15, -0.1) is 0 Å². The molecule has 1 saturated heterocycles. The van der Waals surface area contributed by atoms with Gasteiger partial charge >= 0.3 is 6.18 Å². The Hall–Kier alpha value is -3.33. The number of piperidine rings is 1. The number of benzene rings is 2. The summed E-state index contributed by atoms with van der Waals surface area (Å²) in [5, 5.41) is 4.82. The summed E-state index contributed by atoms with van der Waals surface area (Å²) in [6, 6.07) is 13.0. The Balaban J connectivity index is 1.12. The minimum absolute atomic E-state index is 0.0199. The Morgan fingerprint density at radius 3 is 2.41 bits per heavy atom. The van der Waals surface area contributed by atoms with E-state index in [2.05, 4.69) is 34.7 Å². The maximum Gasteiger partial charge on any atom is 0.416 e. The summed E-state index contributed by atoms with van der Waals surface area (Å²) < 4.78 is 39.0. The second-order valence-electron chi connectivity index (χ2n) is 11.0. The van der Waals surface area contributed by atoms with Crippen LogP contribution in [0.15, 0.2) is 54.7 Å². The molecule has 39 heavy (non-hydrogen) atoms. The van der Waals surface area contributed by atoms with Crippen molar-refractivity contribution in [1.29, 1.82) is 0 Å². The number of likely N-dealkylation sites (tertiary alicyclic amines) is 1. The van der Waals surface area contributed by atoms with Crippen molar-refractivity contribution < 1.29 is 22.8 Å². The van der Waals surface area contributed by atoms with Gasteiger partial charge in [0.05, 0.1) is 18.0 Å². The normalized spacial score (nSPS) is 21.7. The molecule has 0 spiro atoms. The Labute approximate surface area is 226 Å². The molecule has 5 rings (SSSR count).